The van der Waals surface area contributed by atoms with Crippen LogP contribution in [0.2, 0.25) is 0 Å². The summed E-state index contributed by atoms with van der Waals surface area (Å²) in [6.45, 7) is 1.56. The van der Waals surface area contributed by atoms with Crippen molar-refractivity contribution in [3.05, 3.63) is 36.3 Å². The molecule has 0 fully saturated rings. The molecular formula is C13H16N4O3. The van der Waals surface area contributed by atoms with Crippen molar-refractivity contribution >= 4 is 11.9 Å². The van der Waals surface area contributed by atoms with Crippen molar-refractivity contribution < 1.29 is 14.3 Å². The van der Waals surface area contributed by atoms with Crippen LogP contribution in [0.5, 0.6) is 0 Å². The number of ether oxygens (including phenoxy) is 1. The summed E-state index contributed by atoms with van der Waals surface area (Å²) in [5, 5.41) is 6.67. The van der Waals surface area contributed by atoms with Crippen LogP contribution < -0.4 is 5.32 Å². The Kier molecular flexibility index (Phi) is 3.88. The van der Waals surface area contributed by atoms with Gasteiger partial charge in [-0.15, -0.1) is 0 Å². The van der Waals surface area contributed by atoms with Crippen LogP contribution in [-0.4, -0.2) is 39.4 Å². The summed E-state index contributed by atoms with van der Waals surface area (Å²) >= 11 is 0. The Hall–Kier alpha value is -2.57. The minimum atomic E-state index is -0.717. The van der Waals surface area contributed by atoms with Crippen molar-refractivity contribution in [2.45, 2.75) is 13.0 Å². The third kappa shape index (κ3) is 2.56. The number of carbonyl (C=O) groups is 2. The van der Waals surface area contributed by atoms with Crippen LogP contribution >= 0.6 is 0 Å². The molecule has 0 radical (unpaired) electrons. The van der Waals surface area contributed by atoms with Crippen molar-refractivity contribution in [3.8, 4) is 5.82 Å². The van der Waals surface area contributed by atoms with E-state index in [0.29, 0.717) is 11.4 Å². The maximum Gasteiger partial charge on any atom is 0.328 e. The Balaban J connectivity index is 2.26. The molecule has 7 heteroatoms. The summed E-state index contributed by atoms with van der Waals surface area (Å²) in [5.41, 5.74) is 0.388. The fourth-order valence-corrected chi connectivity index (χ4v) is 1.88. The molecule has 2 aromatic rings. The molecule has 0 aliphatic carbocycles. The van der Waals surface area contributed by atoms with Crippen LogP contribution in [-0.2, 0) is 16.6 Å². The first kappa shape index (κ1) is 13.9. The number of methoxy groups -OCH3 is 1. The summed E-state index contributed by atoms with van der Waals surface area (Å²) < 4.78 is 7.95. The van der Waals surface area contributed by atoms with Gasteiger partial charge in [-0.3, -0.25) is 9.48 Å². The number of esters is 1. The average Bonchev–Trinajstić information content (AvgIpc) is 3.06. The number of hydrogen-bond donors (Lipinski definition) is 1. The van der Waals surface area contributed by atoms with Gasteiger partial charge in [-0.25, -0.2) is 4.79 Å². The second kappa shape index (κ2) is 5.60. The van der Waals surface area contributed by atoms with E-state index in [4.69, 9.17) is 0 Å². The van der Waals surface area contributed by atoms with Gasteiger partial charge in [0.15, 0.2) is 0 Å². The van der Waals surface area contributed by atoms with Crippen molar-refractivity contribution in [3.63, 3.8) is 0 Å². The monoisotopic (exact) mass is 276 g/mol. The standard InChI is InChI=1S/C13H16N4O3/c1-9(13(19)20-3)15-11(18)10-8-14-16(2)12(10)17-6-4-5-7-17/h4-9H,1-3H3,(H,15,18)/t9-/m0/s1. The zero-order valence-electron chi connectivity index (χ0n) is 11.5. The molecule has 2 heterocycles. The largest absolute Gasteiger partial charge is 0.467 e. The van der Waals surface area contributed by atoms with E-state index in [0.717, 1.165) is 0 Å². The molecule has 0 bridgehead atoms. The summed E-state index contributed by atoms with van der Waals surface area (Å²) in [5.74, 6) is -0.242. The molecule has 1 N–H and O–H groups in total. The molecular weight excluding hydrogens is 260 g/mol. The van der Waals surface area contributed by atoms with Crippen LogP contribution in [0, 0.1) is 0 Å². The van der Waals surface area contributed by atoms with Crippen LogP contribution in [0.4, 0.5) is 0 Å². The van der Waals surface area contributed by atoms with Gasteiger partial charge >= 0.3 is 5.97 Å². The van der Waals surface area contributed by atoms with Gasteiger partial charge < -0.3 is 14.6 Å². The van der Waals surface area contributed by atoms with E-state index in [1.165, 1.54) is 13.3 Å². The van der Waals surface area contributed by atoms with E-state index in [-0.39, 0.29) is 5.91 Å². The highest BCUT2D eigenvalue weighted by molar-refractivity contribution is 5.99. The number of rotatable bonds is 4. The minimum absolute atomic E-state index is 0.375. The van der Waals surface area contributed by atoms with Crippen LogP contribution in [0.3, 0.4) is 0 Å². The lowest BCUT2D eigenvalue weighted by molar-refractivity contribution is -0.142. The first-order valence-corrected chi connectivity index (χ1v) is 6.08. The highest BCUT2D eigenvalue weighted by Crippen LogP contribution is 2.14. The molecule has 106 valence electrons. The van der Waals surface area contributed by atoms with E-state index < -0.39 is 12.0 Å². The first-order chi connectivity index (χ1) is 9.54. The molecule has 20 heavy (non-hydrogen) atoms. The Morgan fingerprint density at radius 2 is 2.00 bits per heavy atom. The molecule has 0 aromatic carbocycles. The number of hydrogen-bond acceptors (Lipinski definition) is 4. The smallest absolute Gasteiger partial charge is 0.328 e. The van der Waals surface area contributed by atoms with Gasteiger partial charge in [-0.1, -0.05) is 0 Å². The molecule has 0 saturated heterocycles. The molecule has 0 spiro atoms. The van der Waals surface area contributed by atoms with Gasteiger partial charge in [0.2, 0.25) is 0 Å². The predicted molar refractivity (Wildman–Crippen MR) is 71.5 cm³/mol. The van der Waals surface area contributed by atoms with Crippen LogP contribution in [0.1, 0.15) is 17.3 Å². The summed E-state index contributed by atoms with van der Waals surface area (Å²) in [7, 11) is 3.02. The van der Waals surface area contributed by atoms with Gasteiger partial charge in [-0.2, -0.15) is 5.10 Å². The van der Waals surface area contributed by atoms with Gasteiger partial charge in [0, 0.05) is 19.4 Å². The van der Waals surface area contributed by atoms with Gasteiger partial charge in [0.25, 0.3) is 5.91 Å². The molecule has 7 nitrogen and oxygen atoms in total. The number of aryl methyl sites for hydroxylation is 1. The maximum absolute atomic E-state index is 12.2. The molecule has 0 aliphatic heterocycles. The topological polar surface area (TPSA) is 78.2 Å². The normalized spacial score (nSPS) is 11.9. The summed E-state index contributed by atoms with van der Waals surface area (Å²) in [6, 6.07) is 2.99. The van der Waals surface area contributed by atoms with Gasteiger partial charge in [0.1, 0.15) is 17.4 Å². The molecule has 0 unspecified atom stereocenters. The number of amides is 1. The Morgan fingerprint density at radius 1 is 1.35 bits per heavy atom. The van der Waals surface area contributed by atoms with Crippen molar-refractivity contribution in [1.29, 1.82) is 0 Å². The lowest BCUT2D eigenvalue weighted by Crippen LogP contribution is -2.39. The number of nitrogens with one attached hydrogen (secondary N) is 1. The summed E-state index contributed by atoms with van der Waals surface area (Å²) in [6.07, 6.45) is 5.10. The maximum atomic E-state index is 12.2. The van der Waals surface area contributed by atoms with Crippen molar-refractivity contribution in [2.24, 2.45) is 7.05 Å². The average molecular weight is 276 g/mol. The zero-order chi connectivity index (χ0) is 14.7. The lowest BCUT2D eigenvalue weighted by atomic mass is 10.2. The first-order valence-electron chi connectivity index (χ1n) is 6.08. The Morgan fingerprint density at radius 3 is 2.60 bits per heavy atom. The highest BCUT2D eigenvalue weighted by atomic mass is 16.5. The molecule has 2 rings (SSSR count). The zero-order valence-corrected chi connectivity index (χ0v) is 11.5. The predicted octanol–water partition coefficient (Wildman–Crippen LogP) is 0.502. The van der Waals surface area contributed by atoms with E-state index >= 15 is 0 Å². The van der Waals surface area contributed by atoms with Crippen LogP contribution in [0.25, 0.3) is 5.82 Å². The summed E-state index contributed by atoms with van der Waals surface area (Å²) in [4.78, 5) is 23.6. The minimum Gasteiger partial charge on any atom is -0.467 e. The van der Waals surface area contributed by atoms with Crippen molar-refractivity contribution in [2.75, 3.05) is 7.11 Å². The Labute approximate surface area is 116 Å². The number of aromatic nitrogens is 3. The quantitative estimate of drug-likeness (QED) is 0.825. The second-order valence-corrected chi connectivity index (χ2v) is 4.31. The van der Waals surface area contributed by atoms with Crippen LogP contribution in [0.15, 0.2) is 30.7 Å². The molecule has 1 amide bonds. The third-order valence-corrected chi connectivity index (χ3v) is 2.90. The van der Waals surface area contributed by atoms with E-state index in [1.807, 2.05) is 24.5 Å². The van der Waals surface area contributed by atoms with Crippen molar-refractivity contribution in [1.82, 2.24) is 19.7 Å². The van der Waals surface area contributed by atoms with Gasteiger partial charge in [-0.05, 0) is 19.1 Å². The SMILES string of the molecule is COC(=O)[C@H](C)NC(=O)c1cnn(C)c1-n1cccc1. The number of nitrogens with zero attached hydrogens (tertiary/aromatic N) is 3. The van der Waals surface area contributed by atoms with Gasteiger partial charge in [0.05, 0.1) is 13.3 Å². The fraction of sp³-hybridized carbons (Fsp3) is 0.308. The lowest BCUT2D eigenvalue weighted by Gasteiger charge is -2.12. The van der Waals surface area contributed by atoms with E-state index in [9.17, 15) is 9.59 Å². The van der Waals surface area contributed by atoms with E-state index in [1.54, 1.807) is 23.2 Å². The Bertz CT molecular complexity index is 616. The molecule has 1 atom stereocenters. The molecule has 2 aromatic heterocycles. The highest BCUT2D eigenvalue weighted by Gasteiger charge is 2.21. The second-order valence-electron chi connectivity index (χ2n) is 4.31. The third-order valence-electron chi connectivity index (χ3n) is 2.90. The fourth-order valence-electron chi connectivity index (χ4n) is 1.88. The molecule has 0 aliphatic rings. The molecule has 0 saturated carbocycles. The number of carbonyl (C=O) groups excluding carboxylic acids is 2. The van der Waals surface area contributed by atoms with E-state index in [2.05, 4.69) is 15.2 Å².